The van der Waals surface area contributed by atoms with Crippen LogP contribution in [0.3, 0.4) is 0 Å². The summed E-state index contributed by atoms with van der Waals surface area (Å²) in [6.07, 6.45) is 6.59. The van der Waals surface area contributed by atoms with Crippen molar-refractivity contribution in [1.82, 2.24) is 15.3 Å². The summed E-state index contributed by atoms with van der Waals surface area (Å²) in [6.45, 7) is 0.588. The van der Waals surface area contributed by atoms with E-state index < -0.39 is 0 Å². The van der Waals surface area contributed by atoms with Gasteiger partial charge >= 0.3 is 0 Å². The van der Waals surface area contributed by atoms with Crippen LogP contribution in [0.15, 0.2) is 47.5 Å². The van der Waals surface area contributed by atoms with Gasteiger partial charge in [-0.25, -0.2) is 9.97 Å². The molecule has 2 aromatic carbocycles. The molecule has 5 rings (SSSR count). The number of nitrogens with zero attached hydrogens (tertiary/aromatic N) is 2. The molecule has 182 valence electrons. The smallest absolute Gasteiger partial charge is 0.251 e. The number of methoxy groups -OCH3 is 1. The van der Waals surface area contributed by atoms with Gasteiger partial charge in [0.05, 0.1) is 42.4 Å². The molecule has 1 saturated carbocycles. The van der Waals surface area contributed by atoms with Crippen molar-refractivity contribution in [3.05, 3.63) is 48.2 Å². The number of hydrogen-bond donors (Lipinski definition) is 2. The summed E-state index contributed by atoms with van der Waals surface area (Å²) in [5, 5.41) is 6.01. The number of aromatic nitrogens is 2. The minimum atomic E-state index is -0.0871. The molecule has 1 fully saturated rings. The van der Waals surface area contributed by atoms with Crippen LogP contribution >= 0.6 is 11.8 Å². The Labute approximate surface area is 208 Å². The number of anilines is 1. The minimum absolute atomic E-state index is 0.0322. The standard InChI is InChI=1S/C26H28N4O4S/c1-33-19-7-8-20-21(13-19)30-25(14-27-20)34-11-10-16-2-5-18(6-3-16)28-26(32)17-4-9-23-22(12-17)29-24(31)15-35-23/h4,7-9,12-14,16,18H,2-3,5-6,10-11,15H2,1H3,(H,28,32)(H,29,31). The number of fused-ring (bicyclic) bond motifs is 2. The van der Waals surface area contributed by atoms with E-state index >= 15 is 0 Å². The first-order valence-corrected chi connectivity index (χ1v) is 12.9. The Balaban J connectivity index is 1.07. The largest absolute Gasteiger partial charge is 0.497 e. The molecule has 9 heteroatoms. The molecule has 8 nitrogen and oxygen atoms in total. The van der Waals surface area contributed by atoms with Crippen LogP contribution in [0.4, 0.5) is 5.69 Å². The van der Waals surface area contributed by atoms with E-state index in [1.54, 1.807) is 19.4 Å². The number of thioether (sulfide) groups is 1. The number of nitrogens with one attached hydrogen (secondary N) is 2. The first-order valence-electron chi connectivity index (χ1n) is 11.9. The summed E-state index contributed by atoms with van der Waals surface area (Å²) in [7, 11) is 1.63. The SMILES string of the molecule is COc1ccc2ncc(OCCC3CCC(NC(=O)c4ccc5c(c4)NC(=O)CS5)CC3)nc2c1. The minimum Gasteiger partial charge on any atom is -0.497 e. The topological polar surface area (TPSA) is 102 Å². The zero-order chi connectivity index (χ0) is 24.2. The molecule has 1 aliphatic heterocycles. The molecular weight excluding hydrogens is 464 g/mol. The molecule has 0 atom stereocenters. The highest BCUT2D eigenvalue weighted by atomic mass is 32.2. The van der Waals surface area contributed by atoms with Gasteiger partial charge in [0, 0.05) is 22.6 Å². The summed E-state index contributed by atoms with van der Waals surface area (Å²) >= 11 is 1.49. The highest BCUT2D eigenvalue weighted by molar-refractivity contribution is 8.00. The Kier molecular flexibility index (Phi) is 7.03. The Morgan fingerprint density at radius 2 is 2.00 bits per heavy atom. The van der Waals surface area contributed by atoms with Crippen LogP contribution in [0.2, 0.25) is 0 Å². The number of rotatable bonds is 7. The third kappa shape index (κ3) is 5.67. The second-order valence-electron chi connectivity index (χ2n) is 8.94. The Hall–Kier alpha value is -3.33. The van der Waals surface area contributed by atoms with Gasteiger partial charge in [0.1, 0.15) is 5.75 Å². The van der Waals surface area contributed by atoms with Gasteiger partial charge in [0.25, 0.3) is 5.91 Å². The number of benzene rings is 2. The monoisotopic (exact) mass is 492 g/mol. The first-order chi connectivity index (χ1) is 17.1. The lowest BCUT2D eigenvalue weighted by atomic mass is 9.84. The van der Waals surface area contributed by atoms with Crippen LogP contribution in [-0.2, 0) is 4.79 Å². The van der Waals surface area contributed by atoms with Crippen molar-refractivity contribution in [3.63, 3.8) is 0 Å². The van der Waals surface area contributed by atoms with Crippen LogP contribution in [-0.4, -0.2) is 47.3 Å². The lowest BCUT2D eigenvalue weighted by Gasteiger charge is -2.29. The molecule has 3 aromatic rings. The number of carbonyl (C=O) groups excluding carboxylic acids is 2. The molecular formula is C26H28N4O4S. The van der Waals surface area contributed by atoms with Crippen LogP contribution in [0.5, 0.6) is 11.6 Å². The van der Waals surface area contributed by atoms with Gasteiger partial charge in [0.2, 0.25) is 11.8 Å². The van der Waals surface area contributed by atoms with E-state index in [2.05, 4.69) is 20.6 Å². The lowest BCUT2D eigenvalue weighted by molar-refractivity contribution is -0.113. The maximum atomic E-state index is 12.8. The third-order valence-corrected chi connectivity index (χ3v) is 7.63. The molecule has 35 heavy (non-hydrogen) atoms. The van der Waals surface area contributed by atoms with Crippen molar-refractivity contribution in [3.8, 4) is 11.6 Å². The van der Waals surface area contributed by atoms with Gasteiger partial charge < -0.3 is 20.1 Å². The summed E-state index contributed by atoms with van der Waals surface area (Å²) < 4.78 is 11.1. The quantitative estimate of drug-likeness (QED) is 0.503. The molecule has 2 amide bonds. The van der Waals surface area contributed by atoms with E-state index in [1.165, 1.54) is 11.8 Å². The summed E-state index contributed by atoms with van der Waals surface area (Å²) in [4.78, 5) is 34.3. The zero-order valence-electron chi connectivity index (χ0n) is 19.6. The second kappa shape index (κ2) is 10.5. The highest BCUT2D eigenvalue weighted by Crippen LogP contribution is 2.32. The Morgan fingerprint density at radius 1 is 1.14 bits per heavy atom. The molecule has 0 unspecified atom stereocenters. The van der Waals surface area contributed by atoms with Crippen molar-refractivity contribution in [2.75, 3.05) is 24.8 Å². The number of amides is 2. The number of ether oxygens (including phenoxy) is 2. The predicted molar refractivity (Wildman–Crippen MR) is 135 cm³/mol. The van der Waals surface area contributed by atoms with E-state index in [1.807, 2.05) is 30.3 Å². The number of carbonyl (C=O) groups is 2. The maximum absolute atomic E-state index is 12.8. The molecule has 1 aromatic heterocycles. The average molecular weight is 493 g/mol. The van der Waals surface area contributed by atoms with Crippen LogP contribution in [0, 0.1) is 5.92 Å². The van der Waals surface area contributed by atoms with E-state index in [4.69, 9.17) is 9.47 Å². The van der Waals surface area contributed by atoms with Crippen molar-refractivity contribution in [1.29, 1.82) is 0 Å². The molecule has 2 heterocycles. The molecule has 0 radical (unpaired) electrons. The predicted octanol–water partition coefficient (Wildman–Crippen LogP) is 4.44. The summed E-state index contributed by atoms with van der Waals surface area (Å²) in [5.74, 6) is 2.12. The normalized spacial score (nSPS) is 19.5. The fourth-order valence-corrected chi connectivity index (χ4v) is 5.38. The van der Waals surface area contributed by atoms with Gasteiger partial charge in [-0.05, 0) is 68.4 Å². The fourth-order valence-electron chi connectivity index (χ4n) is 4.59. The fraction of sp³-hybridized carbons (Fsp3) is 0.385. The van der Waals surface area contributed by atoms with Gasteiger partial charge in [0.15, 0.2) is 0 Å². The molecule has 2 N–H and O–H groups in total. The highest BCUT2D eigenvalue weighted by Gasteiger charge is 2.24. The van der Waals surface area contributed by atoms with Crippen molar-refractivity contribution >= 4 is 40.3 Å². The Bertz CT molecular complexity index is 1240. The van der Waals surface area contributed by atoms with Gasteiger partial charge in [-0.15, -0.1) is 11.8 Å². The Morgan fingerprint density at radius 3 is 2.83 bits per heavy atom. The van der Waals surface area contributed by atoms with Crippen molar-refractivity contribution in [2.45, 2.75) is 43.0 Å². The van der Waals surface area contributed by atoms with Crippen LogP contribution in [0.25, 0.3) is 11.0 Å². The van der Waals surface area contributed by atoms with E-state index in [-0.39, 0.29) is 17.9 Å². The molecule has 1 aliphatic carbocycles. The molecule has 0 saturated heterocycles. The van der Waals surface area contributed by atoms with Crippen LogP contribution < -0.4 is 20.1 Å². The van der Waals surface area contributed by atoms with E-state index in [0.29, 0.717) is 29.7 Å². The first kappa shape index (κ1) is 23.4. The van der Waals surface area contributed by atoms with Gasteiger partial charge in [-0.2, -0.15) is 0 Å². The average Bonchev–Trinajstić information content (AvgIpc) is 2.88. The van der Waals surface area contributed by atoms with Gasteiger partial charge in [-0.3, -0.25) is 9.59 Å². The second-order valence-corrected chi connectivity index (χ2v) is 9.96. The van der Waals surface area contributed by atoms with E-state index in [0.717, 1.165) is 59.5 Å². The molecule has 0 bridgehead atoms. The van der Waals surface area contributed by atoms with Crippen molar-refractivity contribution < 1.29 is 19.1 Å². The zero-order valence-corrected chi connectivity index (χ0v) is 20.4. The van der Waals surface area contributed by atoms with Gasteiger partial charge in [-0.1, -0.05) is 0 Å². The number of hydrogen-bond acceptors (Lipinski definition) is 7. The van der Waals surface area contributed by atoms with Crippen LogP contribution in [0.1, 0.15) is 42.5 Å². The van der Waals surface area contributed by atoms with Crippen molar-refractivity contribution in [2.24, 2.45) is 5.92 Å². The summed E-state index contributed by atoms with van der Waals surface area (Å²) in [6, 6.07) is 11.3. The third-order valence-electron chi connectivity index (χ3n) is 6.56. The van der Waals surface area contributed by atoms with E-state index in [9.17, 15) is 9.59 Å². The maximum Gasteiger partial charge on any atom is 0.251 e. The summed E-state index contributed by atoms with van der Waals surface area (Å²) in [5.41, 5.74) is 2.85. The molecule has 2 aliphatic rings. The lowest BCUT2D eigenvalue weighted by Crippen LogP contribution is -2.37. The molecule has 0 spiro atoms.